The van der Waals surface area contributed by atoms with Gasteiger partial charge >= 0.3 is 0 Å². The molecule has 0 radical (unpaired) electrons. The van der Waals surface area contributed by atoms with Gasteiger partial charge in [-0.05, 0) is 52.7 Å². The Morgan fingerprint density at radius 1 is 1.09 bits per heavy atom. The van der Waals surface area contributed by atoms with Crippen molar-refractivity contribution in [1.82, 2.24) is 0 Å². The molecule has 2 N–H and O–H groups in total. The third-order valence-electron chi connectivity index (χ3n) is 3.10. The van der Waals surface area contributed by atoms with Crippen molar-refractivity contribution in [1.29, 1.82) is 0 Å². The summed E-state index contributed by atoms with van der Waals surface area (Å²) < 4.78 is 40.2. The molecule has 0 unspecified atom stereocenters. The molecular formula is C16H14BrF3N2O. The first kappa shape index (κ1) is 17.3. The molecule has 0 aliphatic heterocycles. The summed E-state index contributed by atoms with van der Waals surface area (Å²) in [6.07, 6.45) is 0.0404. The Labute approximate surface area is 140 Å². The Morgan fingerprint density at radius 3 is 2.48 bits per heavy atom. The first-order valence-corrected chi connectivity index (χ1v) is 7.61. The maximum absolute atomic E-state index is 13.4. The maximum Gasteiger partial charge on any atom is 0.226 e. The smallest absolute Gasteiger partial charge is 0.226 e. The van der Waals surface area contributed by atoms with Crippen LogP contribution in [0, 0.1) is 24.4 Å². The normalized spacial score (nSPS) is 10.5. The molecular weight excluding hydrogens is 373 g/mol. The third kappa shape index (κ3) is 4.48. The number of nitrogens with one attached hydrogen (secondary N) is 2. The van der Waals surface area contributed by atoms with Crippen LogP contribution in [0.4, 0.5) is 24.5 Å². The van der Waals surface area contributed by atoms with Crippen LogP contribution in [0.2, 0.25) is 0 Å². The minimum Gasteiger partial charge on any atom is -0.384 e. The van der Waals surface area contributed by atoms with Crippen LogP contribution in [0.15, 0.2) is 34.8 Å². The molecule has 2 aromatic carbocycles. The fraction of sp³-hybridized carbons (Fsp3) is 0.188. The zero-order valence-corrected chi connectivity index (χ0v) is 13.8. The molecule has 0 aliphatic rings. The van der Waals surface area contributed by atoms with Crippen molar-refractivity contribution in [2.45, 2.75) is 13.3 Å². The molecule has 0 atom stereocenters. The Balaban J connectivity index is 1.89. The van der Waals surface area contributed by atoms with Crippen LogP contribution in [-0.4, -0.2) is 12.5 Å². The fourth-order valence-corrected chi connectivity index (χ4v) is 2.54. The Morgan fingerprint density at radius 2 is 1.78 bits per heavy atom. The van der Waals surface area contributed by atoms with Gasteiger partial charge in [-0.25, -0.2) is 13.2 Å². The predicted molar refractivity (Wildman–Crippen MR) is 86.9 cm³/mol. The van der Waals surface area contributed by atoms with E-state index < -0.39 is 23.4 Å². The van der Waals surface area contributed by atoms with Gasteiger partial charge in [-0.1, -0.05) is 6.07 Å². The van der Waals surface area contributed by atoms with E-state index in [2.05, 4.69) is 26.6 Å². The molecule has 0 heterocycles. The highest BCUT2D eigenvalue weighted by Gasteiger charge is 2.15. The molecule has 0 saturated carbocycles. The van der Waals surface area contributed by atoms with E-state index in [-0.39, 0.29) is 12.1 Å². The molecule has 2 aromatic rings. The number of rotatable bonds is 5. The molecule has 0 fully saturated rings. The molecule has 0 saturated heterocycles. The lowest BCUT2D eigenvalue weighted by Crippen LogP contribution is -2.17. The molecule has 1 amide bonds. The molecule has 0 spiro atoms. The minimum absolute atomic E-state index is 0.0404. The van der Waals surface area contributed by atoms with Crippen LogP contribution in [0.1, 0.15) is 12.0 Å². The second-order valence-electron chi connectivity index (χ2n) is 4.93. The number of anilines is 2. The van der Waals surface area contributed by atoms with Crippen LogP contribution >= 0.6 is 15.9 Å². The van der Waals surface area contributed by atoms with Crippen molar-refractivity contribution < 1.29 is 18.0 Å². The SMILES string of the molecule is Cc1ccc(NCCC(=O)Nc2ccc(F)c(F)c2F)c(Br)c1. The predicted octanol–water partition coefficient (Wildman–Crippen LogP) is 4.62. The van der Waals surface area contributed by atoms with E-state index in [9.17, 15) is 18.0 Å². The zero-order valence-electron chi connectivity index (χ0n) is 12.2. The van der Waals surface area contributed by atoms with Crippen molar-refractivity contribution in [3.8, 4) is 0 Å². The molecule has 122 valence electrons. The van der Waals surface area contributed by atoms with E-state index in [1.54, 1.807) is 0 Å². The second-order valence-corrected chi connectivity index (χ2v) is 5.79. The summed E-state index contributed by atoms with van der Waals surface area (Å²) in [4.78, 5) is 11.7. The molecule has 23 heavy (non-hydrogen) atoms. The van der Waals surface area contributed by atoms with Crippen molar-refractivity contribution >= 4 is 33.2 Å². The lowest BCUT2D eigenvalue weighted by atomic mass is 10.2. The number of aryl methyl sites for hydroxylation is 1. The van der Waals surface area contributed by atoms with Gasteiger partial charge in [-0.3, -0.25) is 4.79 Å². The van der Waals surface area contributed by atoms with Gasteiger partial charge in [0.25, 0.3) is 0 Å². The molecule has 2 rings (SSSR count). The highest BCUT2D eigenvalue weighted by Crippen LogP contribution is 2.23. The van der Waals surface area contributed by atoms with Gasteiger partial charge in [0.1, 0.15) is 0 Å². The quantitative estimate of drug-likeness (QED) is 0.736. The molecule has 3 nitrogen and oxygen atoms in total. The molecule has 7 heteroatoms. The number of benzene rings is 2. The largest absolute Gasteiger partial charge is 0.384 e. The topological polar surface area (TPSA) is 41.1 Å². The zero-order chi connectivity index (χ0) is 17.0. The van der Waals surface area contributed by atoms with E-state index in [0.29, 0.717) is 6.54 Å². The summed E-state index contributed by atoms with van der Waals surface area (Å²) in [5, 5.41) is 5.27. The highest BCUT2D eigenvalue weighted by molar-refractivity contribution is 9.10. The summed E-state index contributed by atoms with van der Waals surface area (Å²) in [7, 11) is 0. The number of hydrogen-bond acceptors (Lipinski definition) is 2. The Hall–Kier alpha value is -2.02. The van der Waals surface area contributed by atoms with Gasteiger partial charge in [0.2, 0.25) is 5.91 Å². The van der Waals surface area contributed by atoms with E-state index >= 15 is 0 Å². The minimum atomic E-state index is -1.61. The van der Waals surface area contributed by atoms with Crippen LogP contribution in [0.25, 0.3) is 0 Å². The van der Waals surface area contributed by atoms with Gasteiger partial charge in [-0.2, -0.15) is 0 Å². The number of halogens is 4. The second kappa shape index (κ2) is 7.50. The fourth-order valence-electron chi connectivity index (χ4n) is 1.91. The third-order valence-corrected chi connectivity index (χ3v) is 3.76. The van der Waals surface area contributed by atoms with E-state index in [0.717, 1.165) is 27.9 Å². The van der Waals surface area contributed by atoms with Crippen LogP contribution < -0.4 is 10.6 Å². The summed E-state index contributed by atoms with van der Waals surface area (Å²) in [5.74, 6) is -4.82. The van der Waals surface area contributed by atoms with Gasteiger partial charge in [-0.15, -0.1) is 0 Å². The summed E-state index contributed by atoms with van der Waals surface area (Å²) in [6, 6.07) is 7.46. The maximum atomic E-state index is 13.4. The van der Waals surface area contributed by atoms with Crippen molar-refractivity contribution in [3.63, 3.8) is 0 Å². The molecule has 0 bridgehead atoms. The van der Waals surface area contributed by atoms with Crippen molar-refractivity contribution in [3.05, 3.63) is 57.8 Å². The van der Waals surface area contributed by atoms with Crippen molar-refractivity contribution in [2.75, 3.05) is 17.2 Å². The lowest BCUT2D eigenvalue weighted by Gasteiger charge is -2.10. The first-order valence-electron chi connectivity index (χ1n) is 6.82. The summed E-state index contributed by atoms with van der Waals surface area (Å²) in [5.41, 5.74) is 1.53. The van der Waals surface area contributed by atoms with Crippen LogP contribution in [0.3, 0.4) is 0 Å². The lowest BCUT2D eigenvalue weighted by molar-refractivity contribution is -0.116. The van der Waals surface area contributed by atoms with E-state index in [4.69, 9.17) is 0 Å². The first-order chi connectivity index (χ1) is 10.9. The highest BCUT2D eigenvalue weighted by atomic mass is 79.9. The van der Waals surface area contributed by atoms with E-state index in [1.807, 2.05) is 25.1 Å². The van der Waals surface area contributed by atoms with Gasteiger partial charge < -0.3 is 10.6 Å². The van der Waals surface area contributed by atoms with Crippen molar-refractivity contribution in [2.24, 2.45) is 0 Å². The summed E-state index contributed by atoms with van der Waals surface area (Å²) in [6.45, 7) is 2.26. The standard InChI is InChI=1S/C16H14BrF3N2O/c1-9-2-4-12(10(17)8-9)21-7-6-14(23)22-13-5-3-11(18)15(19)16(13)20/h2-5,8,21H,6-7H2,1H3,(H,22,23). The van der Waals surface area contributed by atoms with Gasteiger partial charge in [0, 0.05) is 23.1 Å². The average molecular weight is 387 g/mol. The average Bonchev–Trinajstić information content (AvgIpc) is 2.50. The number of carbonyl (C=O) groups excluding carboxylic acids is 1. The van der Waals surface area contributed by atoms with E-state index in [1.165, 1.54) is 0 Å². The molecule has 0 aromatic heterocycles. The molecule has 0 aliphatic carbocycles. The van der Waals surface area contributed by atoms with Crippen LogP contribution in [-0.2, 0) is 4.79 Å². The number of amides is 1. The number of hydrogen-bond donors (Lipinski definition) is 2. The Kier molecular flexibility index (Phi) is 5.65. The van der Waals surface area contributed by atoms with Gasteiger partial charge in [0.05, 0.1) is 5.69 Å². The monoisotopic (exact) mass is 386 g/mol. The van der Waals surface area contributed by atoms with Gasteiger partial charge in [0.15, 0.2) is 17.5 Å². The van der Waals surface area contributed by atoms with Crippen LogP contribution in [0.5, 0.6) is 0 Å². The number of carbonyl (C=O) groups is 1. The summed E-state index contributed by atoms with van der Waals surface area (Å²) >= 11 is 3.40. The Bertz CT molecular complexity index is 738.